The van der Waals surface area contributed by atoms with Crippen LogP contribution in [-0.4, -0.2) is 7.11 Å². The van der Waals surface area contributed by atoms with Crippen molar-refractivity contribution in [2.75, 3.05) is 7.11 Å². The molecule has 2 nitrogen and oxygen atoms in total. The van der Waals surface area contributed by atoms with E-state index >= 15 is 0 Å². The molecular formula is C10H11Cl2NO. The van der Waals surface area contributed by atoms with Gasteiger partial charge in [0.05, 0.1) is 18.2 Å². The van der Waals surface area contributed by atoms with E-state index in [1.54, 1.807) is 18.2 Å². The van der Waals surface area contributed by atoms with Crippen molar-refractivity contribution in [3.8, 4) is 5.75 Å². The van der Waals surface area contributed by atoms with Crippen LogP contribution >= 0.6 is 23.2 Å². The number of hydrogen-bond acceptors (Lipinski definition) is 2. The minimum absolute atomic E-state index is 0.332. The van der Waals surface area contributed by atoms with Crippen LogP contribution in [0.3, 0.4) is 0 Å². The lowest BCUT2D eigenvalue weighted by atomic mass is 10.1. The molecule has 1 rings (SSSR count). The van der Waals surface area contributed by atoms with Crippen molar-refractivity contribution in [2.24, 2.45) is 5.73 Å². The van der Waals surface area contributed by atoms with Gasteiger partial charge in [-0.15, -0.1) is 6.58 Å². The third-order valence-corrected chi connectivity index (χ3v) is 2.35. The van der Waals surface area contributed by atoms with Crippen LogP contribution in [0.2, 0.25) is 10.0 Å². The van der Waals surface area contributed by atoms with Crippen LogP contribution in [0.25, 0.3) is 0 Å². The topological polar surface area (TPSA) is 35.2 Å². The number of hydrogen-bond donors (Lipinski definition) is 1. The molecule has 2 N–H and O–H groups in total. The van der Waals surface area contributed by atoms with Gasteiger partial charge in [0.15, 0.2) is 0 Å². The highest BCUT2D eigenvalue weighted by Crippen LogP contribution is 2.35. The first-order valence-electron chi connectivity index (χ1n) is 4.01. The van der Waals surface area contributed by atoms with E-state index in [1.807, 2.05) is 0 Å². The maximum atomic E-state index is 5.94. The zero-order valence-electron chi connectivity index (χ0n) is 7.76. The van der Waals surface area contributed by atoms with Crippen LogP contribution in [-0.2, 0) is 0 Å². The Hall–Kier alpha value is -0.700. The minimum Gasteiger partial charge on any atom is -0.495 e. The number of halogens is 2. The summed E-state index contributed by atoms with van der Waals surface area (Å²) in [7, 11) is 1.54. The van der Waals surface area contributed by atoms with E-state index in [0.717, 1.165) is 5.56 Å². The highest BCUT2D eigenvalue weighted by molar-refractivity contribution is 6.35. The summed E-state index contributed by atoms with van der Waals surface area (Å²) in [5, 5.41) is 0.982. The largest absolute Gasteiger partial charge is 0.495 e. The van der Waals surface area contributed by atoms with Gasteiger partial charge in [0.25, 0.3) is 0 Å². The molecule has 0 saturated carbocycles. The van der Waals surface area contributed by atoms with Gasteiger partial charge in [0.2, 0.25) is 0 Å². The second-order valence-electron chi connectivity index (χ2n) is 2.77. The second kappa shape index (κ2) is 4.69. The number of nitrogens with two attached hydrogens (primary N) is 1. The third-order valence-electron chi connectivity index (χ3n) is 1.85. The van der Waals surface area contributed by atoms with Crippen LogP contribution in [0.4, 0.5) is 0 Å². The van der Waals surface area contributed by atoms with Gasteiger partial charge in [-0.2, -0.15) is 0 Å². The maximum Gasteiger partial charge on any atom is 0.142 e. The fourth-order valence-electron chi connectivity index (χ4n) is 1.17. The van der Waals surface area contributed by atoms with E-state index in [9.17, 15) is 0 Å². The highest BCUT2D eigenvalue weighted by Gasteiger charge is 2.13. The van der Waals surface area contributed by atoms with Gasteiger partial charge in [-0.1, -0.05) is 29.3 Å². The van der Waals surface area contributed by atoms with Gasteiger partial charge >= 0.3 is 0 Å². The summed E-state index contributed by atoms with van der Waals surface area (Å²) < 4.78 is 5.14. The van der Waals surface area contributed by atoms with Crippen molar-refractivity contribution in [1.82, 2.24) is 0 Å². The first-order chi connectivity index (χ1) is 6.60. The molecular weight excluding hydrogens is 221 g/mol. The van der Waals surface area contributed by atoms with Crippen molar-refractivity contribution in [3.63, 3.8) is 0 Å². The summed E-state index contributed by atoms with van der Waals surface area (Å²) in [5.74, 6) is 0.545. The predicted molar refractivity (Wildman–Crippen MR) is 60.1 cm³/mol. The van der Waals surface area contributed by atoms with Crippen molar-refractivity contribution >= 4 is 23.2 Å². The van der Waals surface area contributed by atoms with Crippen LogP contribution < -0.4 is 10.5 Å². The number of ether oxygens (including phenoxy) is 1. The quantitative estimate of drug-likeness (QED) is 0.812. The summed E-state index contributed by atoms with van der Waals surface area (Å²) in [4.78, 5) is 0. The Morgan fingerprint density at radius 2 is 2.14 bits per heavy atom. The molecule has 0 aliphatic carbocycles. The van der Waals surface area contributed by atoms with Gasteiger partial charge in [0.1, 0.15) is 5.75 Å². The lowest BCUT2D eigenvalue weighted by Crippen LogP contribution is -2.08. The van der Waals surface area contributed by atoms with Gasteiger partial charge in [-0.05, 0) is 12.1 Å². The number of benzene rings is 1. The monoisotopic (exact) mass is 231 g/mol. The first-order valence-corrected chi connectivity index (χ1v) is 4.76. The summed E-state index contributed by atoms with van der Waals surface area (Å²) in [6, 6.07) is 3.00. The Balaban J connectivity index is 3.31. The zero-order chi connectivity index (χ0) is 10.7. The Morgan fingerprint density at radius 3 is 2.64 bits per heavy atom. The molecule has 4 heteroatoms. The standard InChI is InChI=1S/C10H11Cl2NO/c1-3-9(13)7-4-6(11)5-8(12)10(7)14-2/h3-5,9H,1,13H2,2H3. The average molecular weight is 232 g/mol. The fraction of sp³-hybridized carbons (Fsp3) is 0.200. The van der Waals surface area contributed by atoms with Gasteiger partial charge in [-0.25, -0.2) is 0 Å². The van der Waals surface area contributed by atoms with Gasteiger partial charge in [-0.3, -0.25) is 0 Å². The van der Waals surface area contributed by atoms with Crippen molar-refractivity contribution in [3.05, 3.63) is 40.4 Å². The van der Waals surface area contributed by atoms with Crippen molar-refractivity contribution < 1.29 is 4.74 Å². The molecule has 0 amide bonds. The molecule has 0 saturated heterocycles. The molecule has 1 atom stereocenters. The molecule has 0 aliphatic heterocycles. The molecule has 0 aromatic heterocycles. The van der Waals surface area contributed by atoms with E-state index < -0.39 is 0 Å². The molecule has 76 valence electrons. The van der Waals surface area contributed by atoms with Gasteiger partial charge in [0, 0.05) is 10.6 Å². The molecule has 0 aliphatic rings. The zero-order valence-corrected chi connectivity index (χ0v) is 9.27. The lowest BCUT2D eigenvalue weighted by Gasteiger charge is -2.14. The predicted octanol–water partition coefficient (Wildman–Crippen LogP) is 3.19. The van der Waals surface area contributed by atoms with E-state index in [1.165, 1.54) is 7.11 Å². The third kappa shape index (κ3) is 2.21. The molecule has 0 heterocycles. The van der Waals surface area contributed by atoms with Crippen LogP contribution in [0.1, 0.15) is 11.6 Å². The smallest absolute Gasteiger partial charge is 0.142 e. The normalized spacial score (nSPS) is 12.3. The van der Waals surface area contributed by atoms with Gasteiger partial charge < -0.3 is 10.5 Å². The molecule has 14 heavy (non-hydrogen) atoms. The maximum absolute atomic E-state index is 5.94. The SMILES string of the molecule is C=CC(N)c1cc(Cl)cc(Cl)c1OC. The highest BCUT2D eigenvalue weighted by atomic mass is 35.5. The molecule has 0 radical (unpaired) electrons. The summed E-state index contributed by atoms with van der Waals surface area (Å²) in [6.45, 7) is 3.61. The number of rotatable bonds is 3. The summed E-state index contributed by atoms with van der Waals surface area (Å²) in [5.41, 5.74) is 6.53. The van der Waals surface area contributed by atoms with Crippen LogP contribution in [0, 0.1) is 0 Å². The fourth-order valence-corrected chi connectivity index (χ4v) is 1.76. The Labute approximate surface area is 93.3 Å². The van der Waals surface area contributed by atoms with E-state index in [0.29, 0.717) is 15.8 Å². The Kier molecular flexibility index (Phi) is 3.81. The second-order valence-corrected chi connectivity index (χ2v) is 3.62. The molecule has 1 unspecified atom stereocenters. The lowest BCUT2D eigenvalue weighted by molar-refractivity contribution is 0.408. The Morgan fingerprint density at radius 1 is 1.50 bits per heavy atom. The molecule has 1 aromatic carbocycles. The van der Waals surface area contributed by atoms with Crippen LogP contribution in [0.5, 0.6) is 5.75 Å². The molecule has 1 aromatic rings. The molecule has 0 spiro atoms. The Bertz CT molecular complexity index is 352. The minimum atomic E-state index is -0.332. The first kappa shape index (κ1) is 11.4. The summed E-state index contributed by atoms with van der Waals surface area (Å²) in [6.07, 6.45) is 1.60. The van der Waals surface area contributed by atoms with E-state index in [-0.39, 0.29) is 6.04 Å². The van der Waals surface area contributed by atoms with Crippen LogP contribution in [0.15, 0.2) is 24.8 Å². The number of methoxy groups -OCH3 is 1. The van der Waals surface area contributed by atoms with Crippen molar-refractivity contribution in [2.45, 2.75) is 6.04 Å². The van der Waals surface area contributed by atoms with E-state index in [2.05, 4.69) is 6.58 Å². The van der Waals surface area contributed by atoms with Crippen molar-refractivity contribution in [1.29, 1.82) is 0 Å². The summed E-state index contributed by atoms with van der Waals surface area (Å²) >= 11 is 11.8. The van der Waals surface area contributed by atoms with E-state index in [4.69, 9.17) is 33.7 Å². The average Bonchev–Trinajstić information content (AvgIpc) is 2.15. The molecule has 0 bridgehead atoms. The molecule has 0 fully saturated rings.